The number of esters is 1. The first-order valence-corrected chi connectivity index (χ1v) is 13.4. The Bertz CT molecular complexity index is 1090. The Morgan fingerprint density at radius 2 is 1.79 bits per heavy atom. The van der Waals surface area contributed by atoms with Gasteiger partial charge in [0.15, 0.2) is 24.0 Å². The van der Waals surface area contributed by atoms with E-state index in [9.17, 15) is 45.3 Å². The number of carbonyl (C=O) groups is 2. The van der Waals surface area contributed by atoms with Crippen LogP contribution in [0.5, 0.6) is 0 Å². The maximum absolute atomic E-state index is 13.5. The van der Waals surface area contributed by atoms with E-state index in [1.165, 1.54) is 6.08 Å². The van der Waals surface area contributed by atoms with Crippen LogP contribution >= 0.6 is 0 Å². The molecule has 0 aromatic heterocycles. The van der Waals surface area contributed by atoms with Crippen LogP contribution in [-0.4, -0.2) is 122 Å². The number of rotatable bonds is 3. The van der Waals surface area contributed by atoms with Gasteiger partial charge in [-0.15, -0.1) is 0 Å². The van der Waals surface area contributed by atoms with Crippen LogP contribution in [0.15, 0.2) is 11.6 Å². The third-order valence-corrected chi connectivity index (χ3v) is 10.8. The predicted octanol–water partition coefficient (Wildman–Crippen LogP) is -3.04. The lowest BCUT2D eigenvalue weighted by Gasteiger charge is -2.68. The third kappa shape index (κ3) is 3.25. The molecule has 0 aromatic carbocycles. The van der Waals surface area contributed by atoms with E-state index in [2.05, 4.69) is 0 Å². The lowest BCUT2D eigenvalue weighted by Crippen LogP contribution is -2.78. The summed E-state index contributed by atoms with van der Waals surface area (Å²) >= 11 is 0. The van der Waals surface area contributed by atoms with Crippen molar-refractivity contribution in [2.24, 2.45) is 34.5 Å². The lowest BCUT2D eigenvalue weighted by molar-refractivity contribution is -0.359. The van der Waals surface area contributed by atoms with Gasteiger partial charge in [-0.05, 0) is 31.3 Å². The fourth-order valence-electron chi connectivity index (χ4n) is 9.08. The quantitative estimate of drug-likeness (QED) is 0.173. The number of allylic oxidation sites excluding steroid dienone is 1. The van der Waals surface area contributed by atoms with Crippen LogP contribution in [0.3, 0.4) is 0 Å². The van der Waals surface area contributed by atoms with Crippen LogP contribution in [0.25, 0.3) is 0 Å². The standard InChI is InChI=1S/C26H36O13/c1-8-4-11(28)20(33)24(3)10(8)5-13-25-7-36-26(35,23(24)25)19(32)9(2)14(25)18(21(34)38-13)39-22-17(31)16(30)15(29)12(6-27)37-22/h4,9-10,12-20,22-23,27,29-33,35H,5-7H2,1-3H3/t9-,10+,12-,13-,14-,15-,16+,17-,18-,19-,20-,22+,23-,24-,25+,26-/m1/s1. The predicted molar refractivity (Wildman–Crippen MR) is 125 cm³/mol. The van der Waals surface area contributed by atoms with E-state index >= 15 is 0 Å². The first kappa shape index (κ1) is 27.6. The van der Waals surface area contributed by atoms with Gasteiger partial charge in [-0.25, -0.2) is 4.79 Å². The summed E-state index contributed by atoms with van der Waals surface area (Å²) < 4.78 is 23.3. The zero-order valence-corrected chi connectivity index (χ0v) is 21.8. The van der Waals surface area contributed by atoms with Gasteiger partial charge in [0.25, 0.3) is 0 Å². The maximum Gasteiger partial charge on any atom is 0.336 e. The van der Waals surface area contributed by atoms with Crippen molar-refractivity contribution < 1.29 is 64.3 Å². The van der Waals surface area contributed by atoms with E-state index in [-0.39, 0.29) is 13.0 Å². The molecule has 13 heteroatoms. The first-order chi connectivity index (χ1) is 18.2. The number of ether oxygens (including phenoxy) is 4. The molecule has 3 heterocycles. The van der Waals surface area contributed by atoms with Gasteiger partial charge in [-0.1, -0.05) is 19.4 Å². The van der Waals surface area contributed by atoms with Gasteiger partial charge in [0, 0.05) is 22.7 Å². The summed E-state index contributed by atoms with van der Waals surface area (Å²) in [6.45, 7) is 4.17. The molecule has 6 rings (SSSR count). The maximum atomic E-state index is 13.5. The highest BCUT2D eigenvalue weighted by Crippen LogP contribution is 2.73. The number of aliphatic hydroxyl groups is 7. The van der Waals surface area contributed by atoms with Crippen molar-refractivity contribution >= 4 is 11.8 Å². The third-order valence-electron chi connectivity index (χ3n) is 10.8. The molecular formula is C26H36O13. The van der Waals surface area contributed by atoms with E-state index in [4.69, 9.17) is 18.9 Å². The van der Waals surface area contributed by atoms with Crippen LogP contribution in [0, 0.1) is 34.5 Å². The molecule has 1 spiro atoms. The van der Waals surface area contributed by atoms with Crippen molar-refractivity contribution in [2.45, 2.75) is 88.1 Å². The van der Waals surface area contributed by atoms with E-state index in [0.29, 0.717) is 5.57 Å². The van der Waals surface area contributed by atoms with Crippen LogP contribution in [0.1, 0.15) is 27.2 Å². The number of hydrogen-bond acceptors (Lipinski definition) is 13. The van der Waals surface area contributed by atoms with Gasteiger partial charge >= 0.3 is 5.97 Å². The minimum Gasteiger partial charge on any atom is -0.460 e. The Morgan fingerprint density at radius 1 is 1.10 bits per heavy atom. The molecule has 0 aromatic rings. The minimum absolute atomic E-state index is 0.168. The van der Waals surface area contributed by atoms with Crippen molar-refractivity contribution in [1.82, 2.24) is 0 Å². The molecule has 0 amide bonds. The van der Waals surface area contributed by atoms with E-state index in [1.54, 1.807) is 20.8 Å². The highest BCUT2D eigenvalue weighted by molar-refractivity contribution is 5.96. The fraction of sp³-hybridized carbons (Fsp3) is 0.846. The van der Waals surface area contributed by atoms with Gasteiger partial charge in [0.1, 0.15) is 42.7 Å². The van der Waals surface area contributed by atoms with Crippen LogP contribution in [0.2, 0.25) is 0 Å². The van der Waals surface area contributed by atoms with Crippen LogP contribution in [0.4, 0.5) is 0 Å². The molecule has 2 bridgehead atoms. The zero-order chi connectivity index (χ0) is 28.4. The topological polar surface area (TPSA) is 213 Å². The SMILES string of the molecule is CC1=CC(=O)[C@@H](O)[C@]2(C)[C@H]3[C@]4(O)OC[C@]35[C@H]([C@@H](C)[C@H]4O)[C@@H](O[C@@H]3O[C@H](CO)[C@@H](O)[C@H](O)[C@H]3O)C(=O)O[C@@H]5C[C@@H]12. The average molecular weight is 557 g/mol. The molecule has 7 N–H and O–H groups in total. The van der Waals surface area contributed by atoms with Gasteiger partial charge in [0.05, 0.1) is 13.2 Å². The summed E-state index contributed by atoms with van der Waals surface area (Å²) in [6, 6.07) is 0. The van der Waals surface area contributed by atoms with Crippen LogP contribution < -0.4 is 0 Å². The van der Waals surface area contributed by atoms with Gasteiger partial charge in [-0.2, -0.15) is 0 Å². The Morgan fingerprint density at radius 3 is 2.46 bits per heavy atom. The van der Waals surface area contributed by atoms with Crippen molar-refractivity contribution in [3.05, 3.63) is 11.6 Å². The zero-order valence-electron chi connectivity index (χ0n) is 21.8. The second kappa shape index (κ2) is 8.74. The Labute approximate surface area is 223 Å². The summed E-state index contributed by atoms with van der Waals surface area (Å²) in [7, 11) is 0. The summed E-state index contributed by atoms with van der Waals surface area (Å²) in [5.41, 5.74) is -1.84. The van der Waals surface area contributed by atoms with Gasteiger partial charge in [-0.3, -0.25) is 4.79 Å². The summed E-state index contributed by atoms with van der Waals surface area (Å²) in [6.07, 6.45) is -11.9. The summed E-state index contributed by atoms with van der Waals surface area (Å²) in [4.78, 5) is 26.4. The molecule has 218 valence electrons. The largest absolute Gasteiger partial charge is 0.460 e. The molecule has 13 nitrogen and oxygen atoms in total. The first-order valence-electron chi connectivity index (χ1n) is 13.4. The van der Waals surface area contributed by atoms with Crippen molar-refractivity contribution in [1.29, 1.82) is 0 Å². The molecule has 3 aliphatic heterocycles. The second-order valence-electron chi connectivity index (χ2n) is 12.4. The summed E-state index contributed by atoms with van der Waals surface area (Å²) in [5.74, 6) is -6.78. The molecule has 2 saturated carbocycles. The highest BCUT2D eigenvalue weighted by atomic mass is 16.7. The van der Waals surface area contributed by atoms with Gasteiger partial charge in [0.2, 0.25) is 0 Å². The second-order valence-corrected chi connectivity index (χ2v) is 12.4. The Balaban J connectivity index is 1.46. The number of hydrogen-bond donors (Lipinski definition) is 7. The molecule has 3 saturated heterocycles. The van der Waals surface area contributed by atoms with Crippen molar-refractivity contribution in [3.8, 4) is 0 Å². The Hall–Kier alpha value is -1.52. The van der Waals surface area contributed by atoms with E-state index < -0.39 is 114 Å². The minimum atomic E-state index is -2.17. The molecule has 39 heavy (non-hydrogen) atoms. The molecule has 3 aliphatic carbocycles. The van der Waals surface area contributed by atoms with Crippen molar-refractivity contribution in [3.63, 3.8) is 0 Å². The summed E-state index contributed by atoms with van der Waals surface area (Å²) in [5, 5.41) is 75.2. The average Bonchev–Trinajstić information content (AvgIpc) is 3.18. The number of fused-ring (bicyclic) bond motifs is 1. The number of aliphatic hydroxyl groups excluding tert-OH is 6. The van der Waals surface area contributed by atoms with Crippen molar-refractivity contribution in [2.75, 3.05) is 13.2 Å². The number of ketones is 1. The number of carbonyl (C=O) groups excluding carboxylic acids is 2. The van der Waals surface area contributed by atoms with Gasteiger partial charge < -0.3 is 54.7 Å². The molecule has 16 atom stereocenters. The highest BCUT2D eigenvalue weighted by Gasteiger charge is 2.83. The molecular weight excluding hydrogens is 520 g/mol. The normalized spacial score (nSPS) is 58.3. The Kier molecular flexibility index (Phi) is 6.20. The van der Waals surface area contributed by atoms with E-state index in [1.807, 2.05) is 0 Å². The lowest BCUT2D eigenvalue weighted by atomic mass is 9.38. The molecule has 0 unspecified atom stereocenters. The molecule has 6 aliphatic rings. The molecule has 5 fully saturated rings. The van der Waals surface area contributed by atoms with Crippen LogP contribution in [-0.2, 0) is 28.5 Å². The monoisotopic (exact) mass is 556 g/mol. The molecule has 0 radical (unpaired) electrons. The van der Waals surface area contributed by atoms with E-state index in [0.717, 1.165) is 0 Å². The smallest absolute Gasteiger partial charge is 0.336 e. The fourth-order valence-corrected chi connectivity index (χ4v) is 9.08.